The van der Waals surface area contributed by atoms with Crippen LogP contribution >= 0.6 is 0 Å². The summed E-state index contributed by atoms with van der Waals surface area (Å²) in [6, 6.07) is 6.33. The molecule has 0 aromatic heterocycles. The largest absolute Gasteiger partial charge is 0.508 e. The van der Waals surface area contributed by atoms with E-state index in [1.165, 1.54) is 12.1 Å². The Labute approximate surface area is 141 Å². The number of hydrogen-bond acceptors (Lipinski definition) is 4. The summed E-state index contributed by atoms with van der Waals surface area (Å²) in [5.41, 5.74) is 0.512. The highest BCUT2D eigenvalue weighted by Gasteiger charge is 2.42. The average molecular weight is 332 g/mol. The summed E-state index contributed by atoms with van der Waals surface area (Å²) in [6.07, 6.45) is 3.21. The van der Waals surface area contributed by atoms with E-state index in [0.29, 0.717) is 31.6 Å². The van der Waals surface area contributed by atoms with Crippen molar-refractivity contribution in [2.24, 2.45) is 5.41 Å². The molecule has 3 rings (SSSR count). The molecule has 1 spiro atoms. The number of phenols is 1. The first-order valence-corrected chi connectivity index (χ1v) is 8.50. The summed E-state index contributed by atoms with van der Waals surface area (Å²) in [5.74, 6) is 0.212. The summed E-state index contributed by atoms with van der Waals surface area (Å²) in [4.78, 5) is 28.3. The van der Waals surface area contributed by atoms with E-state index in [9.17, 15) is 14.7 Å². The van der Waals surface area contributed by atoms with Crippen LogP contribution < -0.4 is 0 Å². The van der Waals surface area contributed by atoms with Gasteiger partial charge >= 0.3 is 0 Å². The van der Waals surface area contributed by atoms with Crippen LogP contribution in [0.4, 0.5) is 0 Å². The molecule has 1 aromatic rings. The number of aliphatic hydroxyl groups is 1. The SMILES string of the molecule is O=C1CC[C@]2(CCCN(C(=O)c3ccc(O)cc3)C2)CN1CCO. The van der Waals surface area contributed by atoms with E-state index in [4.69, 9.17) is 5.11 Å². The van der Waals surface area contributed by atoms with Gasteiger partial charge in [-0.2, -0.15) is 0 Å². The predicted molar refractivity (Wildman–Crippen MR) is 88.6 cm³/mol. The number of aromatic hydroxyl groups is 1. The van der Waals surface area contributed by atoms with Crippen molar-refractivity contribution in [3.63, 3.8) is 0 Å². The van der Waals surface area contributed by atoms with E-state index < -0.39 is 0 Å². The number of piperidine rings is 2. The first kappa shape index (κ1) is 16.8. The molecular weight excluding hydrogens is 308 g/mol. The molecule has 2 aliphatic heterocycles. The van der Waals surface area contributed by atoms with Gasteiger partial charge in [0, 0.05) is 43.6 Å². The predicted octanol–water partition coefficient (Wildman–Crippen LogP) is 1.23. The summed E-state index contributed by atoms with van der Waals surface area (Å²) in [5, 5.41) is 18.5. The van der Waals surface area contributed by atoms with Gasteiger partial charge in [0.25, 0.3) is 5.91 Å². The normalized spacial score (nSPS) is 24.5. The average Bonchev–Trinajstić information content (AvgIpc) is 2.59. The molecule has 6 nitrogen and oxygen atoms in total. The molecule has 6 heteroatoms. The molecule has 2 saturated heterocycles. The highest BCUT2D eigenvalue weighted by Crippen LogP contribution is 2.39. The lowest BCUT2D eigenvalue weighted by Crippen LogP contribution is -2.55. The number of hydrogen-bond donors (Lipinski definition) is 2. The standard InChI is InChI=1S/C18H24N2O4/c21-11-10-19-12-18(8-6-16(19)23)7-1-9-20(13-18)17(24)14-2-4-15(22)5-3-14/h2-5,21-22H,1,6-13H2/t18-/m1/s1. The maximum atomic E-state index is 12.7. The quantitative estimate of drug-likeness (QED) is 0.872. The topological polar surface area (TPSA) is 81.1 Å². The van der Waals surface area contributed by atoms with Crippen molar-refractivity contribution in [2.75, 3.05) is 32.8 Å². The number of carbonyl (C=O) groups is 2. The monoisotopic (exact) mass is 332 g/mol. The first-order valence-electron chi connectivity index (χ1n) is 8.50. The highest BCUT2D eigenvalue weighted by atomic mass is 16.3. The number of rotatable bonds is 3. The van der Waals surface area contributed by atoms with Gasteiger partial charge in [-0.3, -0.25) is 9.59 Å². The molecule has 0 aliphatic carbocycles. The Bertz CT molecular complexity index is 616. The Morgan fingerprint density at radius 1 is 1.17 bits per heavy atom. The van der Waals surface area contributed by atoms with E-state index >= 15 is 0 Å². The van der Waals surface area contributed by atoms with E-state index in [2.05, 4.69) is 0 Å². The number of phenolic OH excluding ortho intramolecular Hbond substituents is 1. The van der Waals surface area contributed by atoms with Gasteiger partial charge in [0.2, 0.25) is 5.91 Å². The molecule has 1 aromatic carbocycles. The molecule has 0 saturated carbocycles. The molecule has 2 heterocycles. The van der Waals surface area contributed by atoms with Crippen LogP contribution in [-0.4, -0.2) is 64.6 Å². The van der Waals surface area contributed by atoms with Gasteiger partial charge in [-0.05, 0) is 43.5 Å². The van der Waals surface area contributed by atoms with Crippen molar-refractivity contribution in [3.8, 4) is 5.75 Å². The number of benzene rings is 1. The van der Waals surface area contributed by atoms with Crippen LogP contribution in [0.5, 0.6) is 5.75 Å². The third-order valence-electron chi connectivity index (χ3n) is 5.18. The van der Waals surface area contributed by atoms with Gasteiger partial charge in [-0.25, -0.2) is 0 Å². The summed E-state index contributed by atoms with van der Waals surface area (Å²) in [6.45, 7) is 2.31. The van der Waals surface area contributed by atoms with Gasteiger partial charge in [-0.15, -0.1) is 0 Å². The Morgan fingerprint density at radius 2 is 1.92 bits per heavy atom. The Morgan fingerprint density at radius 3 is 2.62 bits per heavy atom. The smallest absolute Gasteiger partial charge is 0.253 e. The molecule has 0 radical (unpaired) electrons. The van der Waals surface area contributed by atoms with Crippen molar-refractivity contribution in [1.29, 1.82) is 0 Å². The lowest BCUT2D eigenvalue weighted by atomic mass is 9.73. The lowest BCUT2D eigenvalue weighted by molar-refractivity contribution is -0.139. The van der Waals surface area contributed by atoms with Gasteiger partial charge in [-0.1, -0.05) is 0 Å². The molecule has 2 fully saturated rings. The number of β-amino-alcohol motifs (C(OH)–C–C–N with tert-alkyl or cyclic N) is 1. The van der Waals surface area contributed by atoms with Gasteiger partial charge < -0.3 is 20.0 Å². The summed E-state index contributed by atoms with van der Waals surface area (Å²) in [7, 11) is 0. The van der Waals surface area contributed by atoms with Crippen molar-refractivity contribution in [2.45, 2.75) is 25.7 Å². The maximum Gasteiger partial charge on any atom is 0.253 e. The zero-order valence-electron chi connectivity index (χ0n) is 13.8. The highest BCUT2D eigenvalue weighted by molar-refractivity contribution is 5.94. The first-order chi connectivity index (χ1) is 11.5. The number of carbonyl (C=O) groups excluding carboxylic acids is 2. The molecule has 2 N–H and O–H groups in total. The van der Waals surface area contributed by atoms with E-state index in [1.807, 2.05) is 4.90 Å². The maximum absolute atomic E-state index is 12.7. The van der Waals surface area contributed by atoms with Crippen LogP contribution in [0, 0.1) is 5.41 Å². The Kier molecular flexibility index (Phi) is 4.76. The van der Waals surface area contributed by atoms with Gasteiger partial charge in [0.1, 0.15) is 5.75 Å². The minimum absolute atomic E-state index is 0.0281. The van der Waals surface area contributed by atoms with E-state index in [0.717, 1.165) is 25.8 Å². The van der Waals surface area contributed by atoms with Crippen LogP contribution in [0.1, 0.15) is 36.0 Å². The van der Waals surface area contributed by atoms with Gasteiger partial charge in [0.15, 0.2) is 0 Å². The minimum Gasteiger partial charge on any atom is -0.508 e. The minimum atomic E-state index is -0.0616. The summed E-state index contributed by atoms with van der Waals surface area (Å²) >= 11 is 0. The van der Waals surface area contributed by atoms with Crippen LogP contribution in [0.15, 0.2) is 24.3 Å². The second-order valence-corrected chi connectivity index (χ2v) is 6.92. The fraction of sp³-hybridized carbons (Fsp3) is 0.556. The fourth-order valence-corrected chi connectivity index (χ4v) is 3.93. The molecule has 0 unspecified atom stereocenters. The Hall–Kier alpha value is -2.08. The molecule has 130 valence electrons. The second-order valence-electron chi connectivity index (χ2n) is 6.92. The second kappa shape index (κ2) is 6.81. The van der Waals surface area contributed by atoms with Crippen molar-refractivity contribution >= 4 is 11.8 Å². The van der Waals surface area contributed by atoms with Gasteiger partial charge in [0.05, 0.1) is 6.61 Å². The molecular formula is C18H24N2O4. The summed E-state index contributed by atoms with van der Waals surface area (Å²) < 4.78 is 0. The number of amides is 2. The Balaban J connectivity index is 1.72. The third kappa shape index (κ3) is 3.38. The number of aliphatic hydroxyl groups excluding tert-OH is 1. The zero-order chi connectivity index (χ0) is 17.2. The van der Waals surface area contributed by atoms with Crippen LogP contribution in [0.2, 0.25) is 0 Å². The van der Waals surface area contributed by atoms with Crippen LogP contribution in [-0.2, 0) is 4.79 Å². The molecule has 1 atom stereocenters. The van der Waals surface area contributed by atoms with Crippen molar-refractivity contribution in [3.05, 3.63) is 29.8 Å². The fourth-order valence-electron chi connectivity index (χ4n) is 3.93. The number of likely N-dealkylation sites (tertiary alicyclic amines) is 2. The van der Waals surface area contributed by atoms with Crippen molar-refractivity contribution in [1.82, 2.24) is 9.80 Å². The molecule has 24 heavy (non-hydrogen) atoms. The number of nitrogens with zero attached hydrogens (tertiary/aromatic N) is 2. The van der Waals surface area contributed by atoms with E-state index in [-0.39, 0.29) is 29.6 Å². The molecule has 0 bridgehead atoms. The zero-order valence-corrected chi connectivity index (χ0v) is 13.8. The van der Waals surface area contributed by atoms with E-state index in [1.54, 1.807) is 17.0 Å². The van der Waals surface area contributed by atoms with Crippen LogP contribution in [0.3, 0.4) is 0 Å². The molecule has 2 amide bonds. The van der Waals surface area contributed by atoms with Crippen molar-refractivity contribution < 1.29 is 19.8 Å². The third-order valence-corrected chi connectivity index (χ3v) is 5.18. The molecule has 2 aliphatic rings. The van der Waals surface area contributed by atoms with Crippen LogP contribution in [0.25, 0.3) is 0 Å². The lowest BCUT2D eigenvalue weighted by Gasteiger charge is -2.48.